The Bertz CT molecular complexity index is 995. The summed E-state index contributed by atoms with van der Waals surface area (Å²) in [6.45, 7) is 4.55. The number of carboxylic acids is 1. The number of hydrogen-bond acceptors (Lipinski definition) is 7. The van der Waals surface area contributed by atoms with E-state index in [9.17, 15) is 19.5 Å². The number of aliphatic carboxylic acids is 1. The maximum atomic E-state index is 12.7. The molecule has 0 fully saturated rings. The number of esters is 2. The Balaban J connectivity index is 4.32. The van der Waals surface area contributed by atoms with Gasteiger partial charge in [0.05, 0.1) is 40.3 Å². The number of hydrogen-bond donors (Lipinski definition) is 0. The first-order chi connectivity index (χ1) is 25.1. The molecule has 8 nitrogen and oxygen atoms in total. The molecule has 0 aliphatic carbocycles. The summed E-state index contributed by atoms with van der Waals surface area (Å²) in [6.07, 6.45) is 40.0. The van der Waals surface area contributed by atoms with Crippen molar-refractivity contribution in [2.24, 2.45) is 0 Å². The maximum absolute atomic E-state index is 12.7. The molecule has 0 aromatic carbocycles. The molecule has 52 heavy (non-hydrogen) atoms. The van der Waals surface area contributed by atoms with Crippen LogP contribution in [0.2, 0.25) is 0 Å². The van der Waals surface area contributed by atoms with Crippen LogP contribution in [-0.2, 0) is 28.6 Å². The van der Waals surface area contributed by atoms with Crippen LogP contribution >= 0.6 is 0 Å². The van der Waals surface area contributed by atoms with Gasteiger partial charge in [-0.3, -0.25) is 9.59 Å². The summed E-state index contributed by atoms with van der Waals surface area (Å²) in [5.41, 5.74) is 0. The van der Waals surface area contributed by atoms with Crippen molar-refractivity contribution in [3.8, 4) is 0 Å². The van der Waals surface area contributed by atoms with Crippen molar-refractivity contribution >= 4 is 17.9 Å². The molecular weight excluding hydrogens is 654 g/mol. The van der Waals surface area contributed by atoms with Crippen molar-refractivity contribution in [1.29, 1.82) is 0 Å². The lowest BCUT2D eigenvalue weighted by molar-refractivity contribution is -0.889. The highest BCUT2D eigenvalue weighted by Crippen LogP contribution is 2.12. The quantitative estimate of drug-likeness (QED) is 0.0274. The number of ether oxygens (including phenoxy) is 3. The van der Waals surface area contributed by atoms with E-state index in [2.05, 4.69) is 62.5 Å². The van der Waals surface area contributed by atoms with E-state index in [0.717, 1.165) is 77.0 Å². The van der Waals surface area contributed by atoms with Crippen molar-refractivity contribution < 1.29 is 38.2 Å². The van der Waals surface area contributed by atoms with Crippen LogP contribution in [0.3, 0.4) is 0 Å². The first-order valence-electron chi connectivity index (χ1n) is 20.7. The molecule has 2 atom stereocenters. The molecule has 8 heteroatoms. The monoisotopic (exact) mass is 732 g/mol. The second-order valence-corrected chi connectivity index (χ2v) is 14.9. The number of carboxylic acid groups (broad SMARTS) is 1. The van der Waals surface area contributed by atoms with Crippen molar-refractivity contribution in [1.82, 2.24) is 0 Å². The van der Waals surface area contributed by atoms with E-state index < -0.39 is 18.1 Å². The third-order valence-corrected chi connectivity index (χ3v) is 8.97. The van der Waals surface area contributed by atoms with E-state index >= 15 is 0 Å². The lowest BCUT2D eigenvalue weighted by Gasteiger charge is -2.34. The fourth-order valence-electron chi connectivity index (χ4n) is 5.70. The Labute approximate surface area is 318 Å². The largest absolute Gasteiger partial charge is 0.544 e. The topological polar surface area (TPSA) is 102 Å². The Hall–Kier alpha value is -2.71. The van der Waals surface area contributed by atoms with Crippen LogP contribution in [0.15, 0.2) is 48.6 Å². The molecule has 0 aromatic rings. The van der Waals surface area contributed by atoms with Gasteiger partial charge in [0.15, 0.2) is 6.10 Å². The summed E-state index contributed by atoms with van der Waals surface area (Å²) in [6, 6.07) is -0.728. The van der Waals surface area contributed by atoms with Gasteiger partial charge < -0.3 is 28.6 Å². The van der Waals surface area contributed by atoms with Crippen LogP contribution in [0.4, 0.5) is 0 Å². The number of allylic oxidation sites excluding steroid dienone is 8. The predicted molar refractivity (Wildman–Crippen MR) is 213 cm³/mol. The highest BCUT2D eigenvalue weighted by atomic mass is 16.6. The van der Waals surface area contributed by atoms with Crippen LogP contribution in [0.5, 0.6) is 0 Å². The lowest BCUT2D eigenvalue weighted by atomic mass is 10.1. The van der Waals surface area contributed by atoms with Gasteiger partial charge in [-0.1, -0.05) is 133 Å². The molecule has 0 aliphatic heterocycles. The molecule has 0 saturated heterocycles. The first kappa shape index (κ1) is 49.3. The molecule has 0 rings (SSSR count). The fourth-order valence-corrected chi connectivity index (χ4v) is 5.70. The lowest BCUT2D eigenvalue weighted by Crippen LogP contribution is -2.55. The SMILES string of the molecule is CCCCC/C=C/C/C=C/C/C=C/C/C=C/CCCCCCCC(=O)OC(COCCC(C(=O)[O-])[N+](C)(C)C)COC(=O)CCCCCCCCC. The van der Waals surface area contributed by atoms with Gasteiger partial charge in [0.1, 0.15) is 12.6 Å². The molecule has 0 aliphatic rings. The Morgan fingerprint density at radius 1 is 0.577 bits per heavy atom. The third kappa shape index (κ3) is 33.1. The van der Waals surface area contributed by atoms with Gasteiger partial charge in [0.25, 0.3) is 0 Å². The molecule has 0 N–H and O–H groups in total. The first-order valence-corrected chi connectivity index (χ1v) is 20.7. The molecule has 0 spiro atoms. The van der Waals surface area contributed by atoms with Gasteiger partial charge in [0.2, 0.25) is 0 Å². The van der Waals surface area contributed by atoms with Crippen LogP contribution in [0.25, 0.3) is 0 Å². The molecule has 0 radical (unpaired) electrons. The smallest absolute Gasteiger partial charge is 0.306 e. The average Bonchev–Trinajstić information content (AvgIpc) is 3.09. The fraction of sp³-hybridized carbons (Fsp3) is 0.750. The number of nitrogens with zero attached hydrogens (tertiary/aromatic N) is 1. The summed E-state index contributed by atoms with van der Waals surface area (Å²) in [5, 5.41) is 11.6. The van der Waals surface area contributed by atoms with E-state index in [1.807, 2.05) is 0 Å². The zero-order valence-corrected chi connectivity index (χ0v) is 34.0. The van der Waals surface area contributed by atoms with Crippen molar-refractivity contribution in [2.45, 2.75) is 174 Å². The summed E-state index contributed by atoms with van der Waals surface area (Å²) in [5.74, 6) is -1.77. The molecule has 0 saturated carbocycles. The van der Waals surface area contributed by atoms with E-state index in [-0.39, 0.29) is 42.7 Å². The number of rotatable bonds is 36. The van der Waals surface area contributed by atoms with Gasteiger partial charge in [0, 0.05) is 19.3 Å². The van der Waals surface area contributed by atoms with Gasteiger partial charge in [-0.25, -0.2) is 0 Å². The summed E-state index contributed by atoms with van der Waals surface area (Å²) in [4.78, 5) is 36.6. The number of unbranched alkanes of at least 4 members (excludes halogenated alkanes) is 14. The summed E-state index contributed by atoms with van der Waals surface area (Å²) < 4.78 is 17.0. The zero-order chi connectivity index (χ0) is 38.5. The van der Waals surface area contributed by atoms with Crippen LogP contribution in [-0.4, -0.2) is 75.5 Å². The Morgan fingerprint density at radius 3 is 1.54 bits per heavy atom. The predicted octanol–water partition coefficient (Wildman–Crippen LogP) is 9.52. The van der Waals surface area contributed by atoms with Crippen LogP contribution in [0.1, 0.15) is 162 Å². The molecule has 0 amide bonds. The van der Waals surface area contributed by atoms with Gasteiger partial charge in [-0.15, -0.1) is 0 Å². The Kier molecular flexibility index (Phi) is 33.5. The minimum absolute atomic E-state index is 0.0326. The highest BCUT2D eigenvalue weighted by molar-refractivity contribution is 5.70. The summed E-state index contributed by atoms with van der Waals surface area (Å²) in [7, 11) is 5.38. The van der Waals surface area contributed by atoms with E-state index in [0.29, 0.717) is 12.8 Å². The van der Waals surface area contributed by atoms with Gasteiger partial charge in [-0.2, -0.15) is 0 Å². The second kappa shape index (κ2) is 35.3. The maximum Gasteiger partial charge on any atom is 0.306 e. The number of carbonyl (C=O) groups is 3. The van der Waals surface area contributed by atoms with Crippen molar-refractivity contribution in [2.75, 3.05) is 41.0 Å². The molecule has 2 unspecified atom stereocenters. The van der Waals surface area contributed by atoms with Crippen LogP contribution in [0, 0.1) is 0 Å². The minimum atomic E-state index is -1.13. The molecule has 0 aromatic heterocycles. The number of quaternary nitrogens is 1. The molecule has 300 valence electrons. The normalized spacial score (nSPS) is 13.5. The second-order valence-electron chi connectivity index (χ2n) is 14.9. The van der Waals surface area contributed by atoms with Crippen molar-refractivity contribution in [3.05, 3.63) is 48.6 Å². The number of carbonyl (C=O) groups excluding carboxylic acids is 3. The standard InChI is InChI=1S/C44H77NO7/c1-6-8-10-12-14-15-16-17-18-19-20-21-22-23-24-25-26-27-29-31-33-35-43(47)52-40(38-50-37-36-41(44(48)49)45(3,4)5)39-51-42(46)34-32-30-28-13-11-9-7-2/h14-15,17-18,20-21,23-24,40-41H,6-13,16,19,22,25-39H2,1-5H3/b15-14+,18-17+,21-20+,24-23+. The highest BCUT2D eigenvalue weighted by Gasteiger charge is 2.25. The van der Waals surface area contributed by atoms with Crippen molar-refractivity contribution in [3.63, 3.8) is 0 Å². The van der Waals surface area contributed by atoms with E-state index in [4.69, 9.17) is 14.2 Å². The van der Waals surface area contributed by atoms with E-state index in [1.165, 1.54) is 51.4 Å². The molecular formula is C44H77NO7. The zero-order valence-electron chi connectivity index (χ0n) is 34.0. The van der Waals surface area contributed by atoms with Gasteiger partial charge >= 0.3 is 11.9 Å². The minimum Gasteiger partial charge on any atom is -0.544 e. The average molecular weight is 732 g/mol. The summed E-state index contributed by atoms with van der Waals surface area (Å²) >= 11 is 0. The van der Waals surface area contributed by atoms with Gasteiger partial charge in [-0.05, 0) is 57.8 Å². The number of likely N-dealkylation sites (N-methyl/N-ethyl adjacent to an activating group) is 1. The van der Waals surface area contributed by atoms with Crippen LogP contribution < -0.4 is 5.11 Å². The van der Waals surface area contributed by atoms with E-state index in [1.54, 1.807) is 21.1 Å². The molecule has 0 bridgehead atoms. The third-order valence-electron chi connectivity index (χ3n) is 8.97. The Morgan fingerprint density at radius 2 is 1.02 bits per heavy atom. The molecule has 0 heterocycles.